The molecule has 0 saturated carbocycles. The molecule has 0 fully saturated rings. The first-order valence-electron chi connectivity index (χ1n) is 7.66. The van der Waals surface area contributed by atoms with E-state index in [-0.39, 0.29) is 0 Å². The van der Waals surface area contributed by atoms with Crippen molar-refractivity contribution in [1.82, 2.24) is 5.32 Å². The summed E-state index contributed by atoms with van der Waals surface area (Å²) in [6.07, 6.45) is 10.4. The molecule has 1 aromatic carbocycles. The van der Waals surface area contributed by atoms with Crippen molar-refractivity contribution in [1.29, 1.82) is 0 Å². The minimum atomic E-state index is 0.325. The summed E-state index contributed by atoms with van der Waals surface area (Å²) in [5, 5.41) is 3.55. The van der Waals surface area contributed by atoms with Crippen LogP contribution in [-0.4, -0.2) is 13.2 Å². The molecular weight excluding hydrogens is 246 g/mol. The lowest BCUT2D eigenvalue weighted by molar-refractivity contribution is 0.362. The molecular formula is C18H27NO. The summed E-state index contributed by atoms with van der Waals surface area (Å²) in [5.41, 5.74) is 1.17. The predicted molar refractivity (Wildman–Crippen MR) is 85.8 cm³/mol. The van der Waals surface area contributed by atoms with E-state index in [0.717, 1.165) is 24.8 Å². The van der Waals surface area contributed by atoms with Gasteiger partial charge in [0.15, 0.2) is 0 Å². The van der Waals surface area contributed by atoms with E-state index in [0.29, 0.717) is 6.61 Å². The first-order chi connectivity index (χ1) is 9.81. The molecule has 0 aliphatic rings. The van der Waals surface area contributed by atoms with Crippen LogP contribution in [0.25, 0.3) is 0 Å². The minimum Gasteiger partial charge on any atom is -0.481 e. The van der Waals surface area contributed by atoms with Crippen molar-refractivity contribution in [3.63, 3.8) is 0 Å². The van der Waals surface area contributed by atoms with E-state index in [2.05, 4.69) is 31.2 Å². The van der Waals surface area contributed by atoms with Crippen molar-refractivity contribution in [3.8, 4) is 18.1 Å². The second kappa shape index (κ2) is 10.3. The standard InChI is InChI=1S/C18H27NO/c1-4-7-10-16(6-3)14-19-15-17-11-8-9-12-18(17)20-13-5-2/h2,8-9,11-12,16,19H,4,6-7,10,13-15H2,1,3H3. The van der Waals surface area contributed by atoms with Gasteiger partial charge < -0.3 is 10.1 Å². The van der Waals surface area contributed by atoms with Gasteiger partial charge in [-0.1, -0.05) is 57.2 Å². The maximum absolute atomic E-state index is 5.56. The lowest BCUT2D eigenvalue weighted by Crippen LogP contribution is -2.22. The highest BCUT2D eigenvalue weighted by Gasteiger charge is 2.07. The van der Waals surface area contributed by atoms with Crippen molar-refractivity contribution in [3.05, 3.63) is 29.8 Å². The summed E-state index contributed by atoms with van der Waals surface area (Å²) >= 11 is 0. The number of rotatable bonds is 10. The molecule has 0 bridgehead atoms. The Hall–Kier alpha value is -1.46. The zero-order valence-corrected chi connectivity index (χ0v) is 12.8. The maximum Gasteiger partial charge on any atom is 0.148 e. The van der Waals surface area contributed by atoms with Crippen LogP contribution in [0.3, 0.4) is 0 Å². The first kappa shape index (κ1) is 16.6. The van der Waals surface area contributed by atoms with Gasteiger partial charge in [0.05, 0.1) is 0 Å². The SMILES string of the molecule is C#CCOc1ccccc1CNCC(CC)CCCC. The molecule has 0 heterocycles. The van der Waals surface area contributed by atoms with Gasteiger partial charge in [0, 0.05) is 12.1 Å². The van der Waals surface area contributed by atoms with Crippen LogP contribution in [0, 0.1) is 18.3 Å². The molecule has 0 saturated heterocycles. The number of unbranched alkanes of at least 4 members (excludes halogenated alkanes) is 1. The third kappa shape index (κ3) is 6.12. The van der Waals surface area contributed by atoms with Crippen LogP contribution in [0.2, 0.25) is 0 Å². The van der Waals surface area contributed by atoms with Crippen molar-refractivity contribution in [2.45, 2.75) is 46.1 Å². The molecule has 0 radical (unpaired) electrons. The van der Waals surface area contributed by atoms with E-state index in [9.17, 15) is 0 Å². The summed E-state index contributed by atoms with van der Waals surface area (Å²) < 4.78 is 5.56. The van der Waals surface area contributed by atoms with Gasteiger partial charge in [-0.05, 0) is 24.9 Å². The van der Waals surface area contributed by atoms with Gasteiger partial charge in [-0.3, -0.25) is 0 Å². The van der Waals surface area contributed by atoms with Crippen LogP contribution in [0.5, 0.6) is 5.75 Å². The van der Waals surface area contributed by atoms with Crippen LogP contribution < -0.4 is 10.1 Å². The monoisotopic (exact) mass is 273 g/mol. The first-order valence-corrected chi connectivity index (χ1v) is 7.66. The number of hydrogen-bond donors (Lipinski definition) is 1. The minimum absolute atomic E-state index is 0.325. The van der Waals surface area contributed by atoms with Crippen LogP contribution >= 0.6 is 0 Å². The van der Waals surface area contributed by atoms with Crippen molar-refractivity contribution in [2.24, 2.45) is 5.92 Å². The van der Waals surface area contributed by atoms with Crippen LogP contribution in [0.15, 0.2) is 24.3 Å². The summed E-state index contributed by atoms with van der Waals surface area (Å²) in [6.45, 7) is 6.75. The number of benzene rings is 1. The summed E-state index contributed by atoms with van der Waals surface area (Å²) in [7, 11) is 0. The zero-order chi connectivity index (χ0) is 14.6. The Morgan fingerprint density at radius 3 is 2.80 bits per heavy atom. The second-order valence-corrected chi connectivity index (χ2v) is 5.15. The number of ether oxygens (including phenoxy) is 1. The van der Waals surface area contributed by atoms with Gasteiger partial charge in [-0.2, -0.15) is 0 Å². The number of nitrogens with one attached hydrogen (secondary N) is 1. The second-order valence-electron chi connectivity index (χ2n) is 5.15. The highest BCUT2D eigenvalue weighted by molar-refractivity contribution is 5.33. The summed E-state index contributed by atoms with van der Waals surface area (Å²) in [5.74, 6) is 4.17. The van der Waals surface area contributed by atoms with Crippen LogP contribution in [0.1, 0.15) is 45.1 Å². The lowest BCUT2D eigenvalue weighted by atomic mass is 9.99. The maximum atomic E-state index is 5.56. The molecule has 110 valence electrons. The van der Waals surface area contributed by atoms with Gasteiger partial charge in [-0.15, -0.1) is 6.42 Å². The summed E-state index contributed by atoms with van der Waals surface area (Å²) in [4.78, 5) is 0. The van der Waals surface area contributed by atoms with E-state index in [1.54, 1.807) is 0 Å². The molecule has 0 aliphatic carbocycles. The Labute approximate surface area is 123 Å². The number of terminal acetylenes is 1. The normalized spacial score (nSPS) is 11.8. The summed E-state index contributed by atoms with van der Waals surface area (Å²) in [6, 6.07) is 8.08. The molecule has 0 aromatic heterocycles. The molecule has 1 aromatic rings. The van der Waals surface area contributed by atoms with Gasteiger partial charge in [0.1, 0.15) is 12.4 Å². The Morgan fingerprint density at radius 2 is 2.10 bits per heavy atom. The molecule has 0 amide bonds. The molecule has 1 N–H and O–H groups in total. The van der Waals surface area contributed by atoms with Gasteiger partial charge >= 0.3 is 0 Å². The Kier molecular flexibility index (Phi) is 8.58. The number of para-hydroxylation sites is 1. The molecule has 1 unspecified atom stereocenters. The highest BCUT2D eigenvalue weighted by atomic mass is 16.5. The fourth-order valence-electron chi connectivity index (χ4n) is 2.26. The molecule has 2 nitrogen and oxygen atoms in total. The van der Waals surface area contributed by atoms with Crippen molar-refractivity contribution < 1.29 is 4.74 Å². The van der Waals surface area contributed by atoms with Gasteiger partial charge in [-0.25, -0.2) is 0 Å². The average molecular weight is 273 g/mol. The van der Waals surface area contributed by atoms with Crippen LogP contribution in [0.4, 0.5) is 0 Å². The zero-order valence-electron chi connectivity index (χ0n) is 12.8. The largest absolute Gasteiger partial charge is 0.481 e. The molecule has 0 aliphatic heterocycles. The Balaban J connectivity index is 2.42. The van der Waals surface area contributed by atoms with E-state index < -0.39 is 0 Å². The third-order valence-corrected chi connectivity index (χ3v) is 3.58. The highest BCUT2D eigenvalue weighted by Crippen LogP contribution is 2.18. The van der Waals surface area contributed by atoms with E-state index in [4.69, 9.17) is 11.2 Å². The predicted octanol–water partition coefficient (Wildman–Crippen LogP) is 4.00. The smallest absolute Gasteiger partial charge is 0.148 e. The molecule has 20 heavy (non-hydrogen) atoms. The van der Waals surface area contributed by atoms with E-state index in [1.165, 1.54) is 31.2 Å². The van der Waals surface area contributed by atoms with Gasteiger partial charge in [0.2, 0.25) is 0 Å². The molecule has 1 rings (SSSR count). The molecule has 0 spiro atoms. The van der Waals surface area contributed by atoms with E-state index >= 15 is 0 Å². The fraction of sp³-hybridized carbons (Fsp3) is 0.556. The Bertz CT molecular complexity index is 408. The lowest BCUT2D eigenvalue weighted by Gasteiger charge is -2.16. The Morgan fingerprint density at radius 1 is 1.30 bits per heavy atom. The number of hydrogen-bond acceptors (Lipinski definition) is 2. The van der Waals surface area contributed by atoms with Crippen molar-refractivity contribution >= 4 is 0 Å². The van der Waals surface area contributed by atoms with Crippen molar-refractivity contribution in [2.75, 3.05) is 13.2 Å². The third-order valence-electron chi connectivity index (χ3n) is 3.58. The molecule has 2 heteroatoms. The fourth-order valence-corrected chi connectivity index (χ4v) is 2.26. The quantitative estimate of drug-likeness (QED) is 0.650. The average Bonchev–Trinajstić information content (AvgIpc) is 2.49. The van der Waals surface area contributed by atoms with Crippen LogP contribution in [-0.2, 0) is 6.54 Å². The topological polar surface area (TPSA) is 21.3 Å². The molecule has 1 atom stereocenters. The van der Waals surface area contributed by atoms with Gasteiger partial charge in [0.25, 0.3) is 0 Å². The van der Waals surface area contributed by atoms with E-state index in [1.807, 2.05) is 18.2 Å².